The molecule has 8 heteroatoms. The molecule has 8 aromatic rings. The van der Waals surface area contributed by atoms with E-state index in [1.165, 1.54) is 0 Å². The van der Waals surface area contributed by atoms with Crippen molar-refractivity contribution in [2.45, 2.75) is 0 Å². The predicted octanol–water partition coefficient (Wildman–Crippen LogP) is 6.68. The van der Waals surface area contributed by atoms with E-state index >= 15 is 0 Å². The van der Waals surface area contributed by atoms with Gasteiger partial charge in [-0.3, -0.25) is 14.4 Å². The van der Waals surface area contributed by atoms with Crippen LogP contribution in [-0.2, 0) is 0 Å². The summed E-state index contributed by atoms with van der Waals surface area (Å²) in [4.78, 5) is 33.1. The summed E-state index contributed by atoms with van der Waals surface area (Å²) in [7, 11) is 0. The van der Waals surface area contributed by atoms with Crippen molar-refractivity contribution < 1.29 is 0 Å². The van der Waals surface area contributed by atoms with Crippen LogP contribution < -0.4 is 0 Å². The van der Waals surface area contributed by atoms with Gasteiger partial charge in [-0.25, -0.2) is 24.9 Å². The van der Waals surface area contributed by atoms with Gasteiger partial charge in [0.1, 0.15) is 22.6 Å². The highest BCUT2D eigenvalue weighted by Gasteiger charge is 2.16. The van der Waals surface area contributed by atoms with Gasteiger partial charge in [0.05, 0.1) is 5.69 Å². The van der Waals surface area contributed by atoms with E-state index in [2.05, 4.69) is 39.2 Å². The Hall–Kier alpha value is -5.89. The number of hydrogen-bond donors (Lipinski definition) is 0. The molecule has 0 unspecified atom stereocenters. The van der Waals surface area contributed by atoms with Gasteiger partial charge in [-0.05, 0) is 36.4 Å². The first-order chi connectivity index (χ1) is 20.3. The summed E-state index contributed by atoms with van der Waals surface area (Å²) in [5.74, 6) is 1.53. The molecule has 41 heavy (non-hydrogen) atoms. The zero-order chi connectivity index (χ0) is 27.2. The van der Waals surface area contributed by atoms with Gasteiger partial charge in [-0.15, -0.1) is 0 Å². The lowest BCUT2D eigenvalue weighted by Gasteiger charge is -2.10. The molecule has 0 spiro atoms. The smallest absolute Gasteiger partial charge is 0.182 e. The Bertz CT molecular complexity index is 2130. The first kappa shape index (κ1) is 23.0. The second kappa shape index (κ2) is 9.39. The number of aromatic nitrogens is 8. The molecule has 192 valence electrons. The average Bonchev–Trinajstić information content (AvgIpc) is 3.44. The average molecular weight is 529 g/mol. The van der Waals surface area contributed by atoms with Crippen LogP contribution in [0, 0.1) is 0 Å². The van der Waals surface area contributed by atoms with Gasteiger partial charge in [0.15, 0.2) is 23.1 Å². The van der Waals surface area contributed by atoms with E-state index in [0.717, 1.165) is 44.4 Å². The summed E-state index contributed by atoms with van der Waals surface area (Å²) in [5.41, 5.74) is 6.66. The van der Waals surface area contributed by atoms with E-state index in [9.17, 15) is 0 Å². The molecular weight excluding hydrogens is 508 g/mol. The SMILES string of the molecule is c1ccc(-c2nc(-c3ccc(-c4nc5c(nc6ccccn65)c5ccccc45)cc3)nc(-c3ccccn3)n2)nc1. The van der Waals surface area contributed by atoms with Gasteiger partial charge in [-0.1, -0.05) is 66.7 Å². The van der Waals surface area contributed by atoms with Gasteiger partial charge in [-0.2, -0.15) is 0 Å². The summed E-state index contributed by atoms with van der Waals surface area (Å²) >= 11 is 0. The van der Waals surface area contributed by atoms with Gasteiger partial charge < -0.3 is 0 Å². The minimum atomic E-state index is 0.492. The Morgan fingerprint density at radius 1 is 0.463 bits per heavy atom. The zero-order valence-electron chi connectivity index (χ0n) is 21.6. The highest BCUT2D eigenvalue weighted by Crippen LogP contribution is 2.33. The number of rotatable bonds is 4. The number of benzene rings is 2. The van der Waals surface area contributed by atoms with Crippen molar-refractivity contribution in [2.75, 3.05) is 0 Å². The minimum Gasteiger partial charge on any atom is -0.284 e. The minimum absolute atomic E-state index is 0.492. The van der Waals surface area contributed by atoms with Crippen LogP contribution >= 0.6 is 0 Å². The maximum Gasteiger partial charge on any atom is 0.182 e. The molecule has 8 rings (SSSR count). The highest BCUT2D eigenvalue weighted by molar-refractivity contribution is 6.09. The largest absolute Gasteiger partial charge is 0.284 e. The van der Waals surface area contributed by atoms with Crippen molar-refractivity contribution >= 4 is 27.6 Å². The Balaban J connectivity index is 1.27. The third-order valence-corrected chi connectivity index (χ3v) is 7.00. The summed E-state index contributed by atoms with van der Waals surface area (Å²) in [5, 5.41) is 2.11. The van der Waals surface area contributed by atoms with Crippen molar-refractivity contribution in [2.24, 2.45) is 0 Å². The zero-order valence-corrected chi connectivity index (χ0v) is 21.6. The molecule has 0 radical (unpaired) electrons. The van der Waals surface area contributed by atoms with Crippen molar-refractivity contribution in [1.82, 2.24) is 39.3 Å². The molecule has 0 fully saturated rings. The maximum atomic E-state index is 5.11. The molecular formula is C33H20N8. The molecule has 0 atom stereocenters. The van der Waals surface area contributed by atoms with E-state index in [1.807, 2.05) is 89.5 Å². The predicted molar refractivity (Wildman–Crippen MR) is 159 cm³/mol. The Morgan fingerprint density at radius 2 is 1.07 bits per heavy atom. The van der Waals surface area contributed by atoms with Crippen LogP contribution in [0.3, 0.4) is 0 Å². The molecule has 0 aliphatic heterocycles. The molecule has 6 heterocycles. The lowest BCUT2D eigenvalue weighted by molar-refractivity contribution is 1.05. The second-order valence-electron chi connectivity index (χ2n) is 9.53. The van der Waals surface area contributed by atoms with Crippen molar-refractivity contribution in [1.29, 1.82) is 0 Å². The van der Waals surface area contributed by atoms with Gasteiger partial charge in [0.2, 0.25) is 0 Å². The highest BCUT2D eigenvalue weighted by atomic mass is 15.1. The topological polar surface area (TPSA) is 94.6 Å². The molecule has 8 nitrogen and oxygen atoms in total. The lowest BCUT2D eigenvalue weighted by Crippen LogP contribution is -2.01. The van der Waals surface area contributed by atoms with Crippen LogP contribution in [0.25, 0.3) is 73.3 Å². The molecule has 0 amide bonds. The Morgan fingerprint density at radius 3 is 1.76 bits per heavy atom. The summed E-state index contributed by atoms with van der Waals surface area (Å²) in [6.07, 6.45) is 5.45. The fourth-order valence-electron chi connectivity index (χ4n) is 5.05. The van der Waals surface area contributed by atoms with E-state index in [0.29, 0.717) is 28.9 Å². The van der Waals surface area contributed by atoms with E-state index in [-0.39, 0.29) is 0 Å². The first-order valence-corrected chi connectivity index (χ1v) is 13.2. The molecule has 6 aromatic heterocycles. The molecule has 0 bridgehead atoms. The summed E-state index contributed by atoms with van der Waals surface area (Å²) in [6.45, 7) is 0. The fourth-order valence-corrected chi connectivity index (χ4v) is 5.05. The molecule has 0 N–H and O–H groups in total. The second-order valence-corrected chi connectivity index (χ2v) is 9.53. The van der Waals surface area contributed by atoms with E-state index < -0.39 is 0 Å². The molecule has 2 aromatic carbocycles. The van der Waals surface area contributed by atoms with Gasteiger partial charge in [0.25, 0.3) is 0 Å². The Kier molecular flexibility index (Phi) is 5.28. The molecule has 0 aliphatic carbocycles. The Labute approximate surface area is 234 Å². The normalized spacial score (nSPS) is 11.4. The number of hydrogen-bond acceptors (Lipinski definition) is 7. The van der Waals surface area contributed by atoms with Crippen LogP contribution in [-0.4, -0.2) is 39.3 Å². The van der Waals surface area contributed by atoms with Crippen LogP contribution in [0.15, 0.2) is 122 Å². The van der Waals surface area contributed by atoms with Crippen molar-refractivity contribution in [3.05, 3.63) is 122 Å². The number of fused-ring (bicyclic) bond motifs is 5. The third-order valence-electron chi connectivity index (χ3n) is 7.00. The number of imidazole rings is 1. The standard InChI is InChI=1S/C33H20N8/c1-2-10-24-23(9-1)28(37-33-29(24)36-27-13-5-8-20-41(27)33)21-14-16-22(17-15-21)30-38-31(25-11-3-6-18-34-25)40-32(39-30)26-12-4-7-19-35-26/h1-20H. The molecule has 0 saturated carbocycles. The van der Waals surface area contributed by atoms with Crippen LogP contribution in [0.5, 0.6) is 0 Å². The lowest BCUT2D eigenvalue weighted by atomic mass is 10.0. The quantitative estimate of drug-likeness (QED) is 0.251. The summed E-state index contributed by atoms with van der Waals surface area (Å²) < 4.78 is 2.03. The van der Waals surface area contributed by atoms with Gasteiger partial charge >= 0.3 is 0 Å². The molecule has 0 saturated heterocycles. The summed E-state index contributed by atoms with van der Waals surface area (Å²) in [6, 6.07) is 33.7. The maximum absolute atomic E-state index is 5.11. The van der Waals surface area contributed by atoms with Crippen LogP contribution in [0.2, 0.25) is 0 Å². The van der Waals surface area contributed by atoms with Gasteiger partial charge in [0, 0.05) is 40.5 Å². The number of nitrogens with zero attached hydrogens (tertiary/aromatic N) is 8. The van der Waals surface area contributed by atoms with Crippen LogP contribution in [0.1, 0.15) is 0 Å². The molecule has 0 aliphatic rings. The fraction of sp³-hybridized carbons (Fsp3) is 0. The van der Waals surface area contributed by atoms with Crippen molar-refractivity contribution in [3.63, 3.8) is 0 Å². The van der Waals surface area contributed by atoms with E-state index in [4.69, 9.17) is 19.9 Å². The van der Waals surface area contributed by atoms with Crippen molar-refractivity contribution in [3.8, 4) is 45.7 Å². The number of pyridine rings is 4. The van der Waals surface area contributed by atoms with E-state index in [1.54, 1.807) is 12.4 Å². The monoisotopic (exact) mass is 528 g/mol. The third kappa shape index (κ3) is 3.97. The van der Waals surface area contributed by atoms with Crippen LogP contribution in [0.4, 0.5) is 0 Å². The first-order valence-electron chi connectivity index (χ1n) is 13.2.